The van der Waals surface area contributed by atoms with Crippen molar-refractivity contribution in [1.82, 2.24) is 9.97 Å². The van der Waals surface area contributed by atoms with Gasteiger partial charge in [-0.05, 0) is 18.2 Å². The Balaban J connectivity index is 1.74. The topological polar surface area (TPSA) is 94.0 Å². The van der Waals surface area contributed by atoms with Crippen LogP contribution in [0.15, 0.2) is 28.8 Å². The first-order valence-corrected chi connectivity index (χ1v) is 8.04. The van der Waals surface area contributed by atoms with Crippen LogP contribution >= 0.6 is 11.3 Å². The standard InChI is InChI=1S/C16H18N4O2S/c1-16(2,3)15-19-8-10(23-15)7-18-9-4-5-12-11(6-9)20-14(22-12)13(17)21/h4-6,8,18H,7H2,1-3H3,(H2,17,21). The molecule has 0 aliphatic carbocycles. The first-order valence-electron chi connectivity index (χ1n) is 7.22. The van der Waals surface area contributed by atoms with Crippen LogP contribution in [-0.4, -0.2) is 15.9 Å². The van der Waals surface area contributed by atoms with Crippen molar-refractivity contribution in [2.24, 2.45) is 5.73 Å². The summed E-state index contributed by atoms with van der Waals surface area (Å²) < 4.78 is 5.27. The van der Waals surface area contributed by atoms with Gasteiger partial charge >= 0.3 is 5.91 Å². The lowest BCUT2D eigenvalue weighted by molar-refractivity contribution is 0.0969. The van der Waals surface area contributed by atoms with Crippen LogP contribution in [0.5, 0.6) is 0 Å². The number of primary amides is 1. The minimum Gasteiger partial charge on any atom is -0.432 e. The highest BCUT2D eigenvalue weighted by Crippen LogP contribution is 2.27. The van der Waals surface area contributed by atoms with Gasteiger partial charge in [-0.2, -0.15) is 0 Å². The molecule has 0 saturated heterocycles. The van der Waals surface area contributed by atoms with Crippen LogP contribution in [-0.2, 0) is 12.0 Å². The minimum atomic E-state index is -0.671. The molecule has 2 aromatic heterocycles. The van der Waals surface area contributed by atoms with E-state index in [-0.39, 0.29) is 11.3 Å². The van der Waals surface area contributed by atoms with Gasteiger partial charge in [0.05, 0.1) is 11.6 Å². The van der Waals surface area contributed by atoms with Crippen LogP contribution in [0.1, 0.15) is 41.3 Å². The third-order valence-electron chi connectivity index (χ3n) is 3.26. The fraction of sp³-hybridized carbons (Fsp3) is 0.312. The molecule has 3 aromatic rings. The molecule has 6 nitrogen and oxygen atoms in total. The van der Waals surface area contributed by atoms with E-state index in [1.165, 1.54) is 0 Å². The highest BCUT2D eigenvalue weighted by atomic mass is 32.1. The molecule has 0 aliphatic heterocycles. The zero-order valence-electron chi connectivity index (χ0n) is 13.2. The zero-order valence-corrected chi connectivity index (χ0v) is 14.0. The summed E-state index contributed by atoms with van der Waals surface area (Å²) in [5, 5.41) is 4.45. The fourth-order valence-corrected chi connectivity index (χ4v) is 2.98. The van der Waals surface area contributed by atoms with Crippen LogP contribution in [0.2, 0.25) is 0 Å². The molecular formula is C16H18N4O2S. The number of rotatable bonds is 4. The first-order chi connectivity index (χ1) is 10.8. The highest BCUT2D eigenvalue weighted by molar-refractivity contribution is 7.11. The number of thiazole rings is 1. The molecule has 0 radical (unpaired) electrons. The lowest BCUT2D eigenvalue weighted by atomic mass is 9.98. The van der Waals surface area contributed by atoms with E-state index in [1.54, 1.807) is 17.4 Å². The predicted octanol–water partition coefficient (Wildman–Crippen LogP) is 3.29. The lowest BCUT2D eigenvalue weighted by Crippen LogP contribution is -2.10. The van der Waals surface area contributed by atoms with Gasteiger partial charge in [0, 0.05) is 22.2 Å². The van der Waals surface area contributed by atoms with Gasteiger partial charge in [0.25, 0.3) is 5.89 Å². The van der Waals surface area contributed by atoms with Gasteiger partial charge in [-0.15, -0.1) is 11.3 Å². The van der Waals surface area contributed by atoms with E-state index < -0.39 is 5.91 Å². The third kappa shape index (κ3) is 3.34. The molecule has 3 rings (SSSR count). The average Bonchev–Trinajstić information content (AvgIpc) is 3.10. The van der Waals surface area contributed by atoms with E-state index in [0.29, 0.717) is 17.6 Å². The quantitative estimate of drug-likeness (QED) is 0.765. The molecule has 0 unspecified atom stereocenters. The molecule has 0 aliphatic rings. The Kier molecular flexibility index (Phi) is 3.81. The summed E-state index contributed by atoms with van der Waals surface area (Å²) in [6.07, 6.45) is 1.90. The van der Waals surface area contributed by atoms with Gasteiger partial charge in [0.2, 0.25) is 0 Å². The summed E-state index contributed by atoms with van der Waals surface area (Å²) in [5.74, 6) is -0.746. The molecule has 0 spiro atoms. The number of aromatic nitrogens is 2. The predicted molar refractivity (Wildman–Crippen MR) is 90.7 cm³/mol. The summed E-state index contributed by atoms with van der Waals surface area (Å²) in [4.78, 5) is 20.8. The maximum absolute atomic E-state index is 11.1. The molecule has 0 atom stereocenters. The van der Waals surface area contributed by atoms with Crippen LogP contribution in [0.3, 0.4) is 0 Å². The normalized spacial score (nSPS) is 11.8. The Bertz CT molecular complexity index is 860. The number of hydrogen-bond acceptors (Lipinski definition) is 6. The molecule has 1 amide bonds. The number of amides is 1. The maximum atomic E-state index is 11.1. The minimum absolute atomic E-state index is 0.0632. The van der Waals surface area contributed by atoms with E-state index >= 15 is 0 Å². The second-order valence-electron chi connectivity index (χ2n) is 6.30. The van der Waals surface area contributed by atoms with Gasteiger partial charge in [-0.3, -0.25) is 4.79 Å². The summed E-state index contributed by atoms with van der Waals surface area (Å²) in [6.45, 7) is 7.13. The van der Waals surface area contributed by atoms with Gasteiger partial charge in [-0.1, -0.05) is 20.8 Å². The monoisotopic (exact) mass is 330 g/mol. The van der Waals surface area contributed by atoms with Gasteiger partial charge < -0.3 is 15.5 Å². The fourth-order valence-electron chi connectivity index (χ4n) is 2.07. The van der Waals surface area contributed by atoms with Crippen molar-refractivity contribution in [3.63, 3.8) is 0 Å². The van der Waals surface area contributed by atoms with Crippen LogP contribution in [0.4, 0.5) is 5.69 Å². The van der Waals surface area contributed by atoms with Crippen molar-refractivity contribution in [3.05, 3.63) is 40.2 Å². The van der Waals surface area contributed by atoms with E-state index in [0.717, 1.165) is 15.6 Å². The maximum Gasteiger partial charge on any atom is 0.304 e. The largest absolute Gasteiger partial charge is 0.432 e. The van der Waals surface area contributed by atoms with E-state index in [2.05, 4.69) is 36.1 Å². The average molecular weight is 330 g/mol. The summed E-state index contributed by atoms with van der Waals surface area (Å²) >= 11 is 1.70. The van der Waals surface area contributed by atoms with E-state index in [9.17, 15) is 4.79 Å². The number of carbonyl (C=O) groups excluding carboxylic acids is 1. The molecule has 0 bridgehead atoms. The second-order valence-corrected chi connectivity index (χ2v) is 7.42. The highest BCUT2D eigenvalue weighted by Gasteiger charge is 2.18. The SMILES string of the molecule is CC(C)(C)c1ncc(CNc2ccc3oc(C(N)=O)nc3c2)s1. The molecule has 7 heteroatoms. The van der Waals surface area contributed by atoms with Crippen molar-refractivity contribution in [3.8, 4) is 0 Å². The molecule has 3 N–H and O–H groups in total. The van der Waals surface area contributed by atoms with Crippen LogP contribution in [0, 0.1) is 0 Å². The van der Waals surface area contributed by atoms with Crippen LogP contribution < -0.4 is 11.1 Å². The summed E-state index contributed by atoms with van der Waals surface area (Å²) in [6, 6.07) is 5.48. The number of fused-ring (bicyclic) bond motifs is 1. The van der Waals surface area contributed by atoms with Crippen molar-refractivity contribution in [2.45, 2.75) is 32.7 Å². The number of nitrogens with one attached hydrogen (secondary N) is 1. The number of hydrogen-bond donors (Lipinski definition) is 2. The van der Waals surface area contributed by atoms with Crippen molar-refractivity contribution < 1.29 is 9.21 Å². The molecule has 1 aromatic carbocycles. The van der Waals surface area contributed by atoms with E-state index in [4.69, 9.17) is 10.2 Å². The Labute approximate surface area is 137 Å². The van der Waals surface area contributed by atoms with Gasteiger partial charge in [0.1, 0.15) is 5.52 Å². The summed E-state index contributed by atoms with van der Waals surface area (Å²) in [5.41, 5.74) is 7.27. The number of nitrogens with two attached hydrogens (primary N) is 1. The molecular weight excluding hydrogens is 312 g/mol. The summed E-state index contributed by atoms with van der Waals surface area (Å²) in [7, 11) is 0. The lowest BCUT2D eigenvalue weighted by Gasteiger charge is -2.13. The van der Waals surface area contributed by atoms with Crippen molar-refractivity contribution >= 4 is 34.0 Å². The van der Waals surface area contributed by atoms with Crippen molar-refractivity contribution in [2.75, 3.05) is 5.32 Å². The van der Waals surface area contributed by atoms with Crippen LogP contribution in [0.25, 0.3) is 11.1 Å². The Hall–Kier alpha value is -2.41. The number of oxazole rings is 1. The number of nitrogens with zero attached hydrogens (tertiary/aromatic N) is 2. The number of carbonyl (C=O) groups is 1. The zero-order chi connectivity index (χ0) is 16.6. The second kappa shape index (κ2) is 5.66. The molecule has 0 saturated carbocycles. The van der Waals surface area contributed by atoms with Gasteiger partial charge in [0.15, 0.2) is 5.58 Å². The van der Waals surface area contributed by atoms with E-state index in [1.807, 2.05) is 18.3 Å². The smallest absolute Gasteiger partial charge is 0.304 e. The van der Waals surface area contributed by atoms with Gasteiger partial charge in [-0.25, -0.2) is 9.97 Å². The first kappa shape index (κ1) is 15.5. The number of benzene rings is 1. The molecule has 23 heavy (non-hydrogen) atoms. The molecule has 0 fully saturated rings. The van der Waals surface area contributed by atoms with Crippen molar-refractivity contribution in [1.29, 1.82) is 0 Å². The Morgan fingerprint density at radius 1 is 1.39 bits per heavy atom. The number of anilines is 1. The molecule has 120 valence electrons. The Morgan fingerprint density at radius 3 is 2.83 bits per heavy atom. The third-order valence-corrected chi connectivity index (χ3v) is 4.68. The Morgan fingerprint density at radius 2 is 2.17 bits per heavy atom. The molecule has 2 heterocycles.